The Balaban J connectivity index is 3.16. The number of aryl methyl sites for hydroxylation is 1. The normalized spacial score (nSPS) is 13.6. The third kappa shape index (κ3) is 3.32. The van der Waals surface area contributed by atoms with E-state index in [1.807, 2.05) is 0 Å². The number of nitrogens with one attached hydrogen (secondary N) is 1. The summed E-state index contributed by atoms with van der Waals surface area (Å²) >= 11 is 5.85. The second kappa shape index (κ2) is 5.22. The van der Waals surface area contributed by atoms with Crippen LogP contribution in [0.4, 0.5) is 5.69 Å². The van der Waals surface area contributed by atoms with Gasteiger partial charge in [-0.2, -0.15) is 0 Å². The van der Waals surface area contributed by atoms with Crippen molar-refractivity contribution in [3.63, 3.8) is 0 Å². The maximum Gasteiger partial charge on any atom is 0.240 e. The molecule has 1 aromatic rings. The van der Waals surface area contributed by atoms with Crippen molar-refractivity contribution in [1.29, 1.82) is 0 Å². The summed E-state index contributed by atoms with van der Waals surface area (Å²) in [7, 11) is -3.68. The molecule has 0 aliphatic rings. The zero-order chi connectivity index (χ0) is 13.2. The highest BCUT2D eigenvalue weighted by Crippen LogP contribution is 2.26. The largest absolute Gasteiger partial charge is 0.397 e. The maximum absolute atomic E-state index is 11.9. The molecule has 0 aliphatic carbocycles. The smallest absolute Gasteiger partial charge is 0.240 e. The molecule has 17 heavy (non-hydrogen) atoms. The number of nitrogens with two attached hydrogens (primary N) is 1. The average molecular weight is 279 g/mol. The fourth-order valence-electron chi connectivity index (χ4n) is 1.29. The predicted octanol–water partition coefficient (Wildman–Crippen LogP) is 0.890. The number of rotatable bonds is 4. The summed E-state index contributed by atoms with van der Waals surface area (Å²) in [6, 6.07) is 2.17. The van der Waals surface area contributed by atoms with Crippen LogP contribution in [0.25, 0.3) is 0 Å². The van der Waals surface area contributed by atoms with E-state index in [9.17, 15) is 8.42 Å². The van der Waals surface area contributed by atoms with Gasteiger partial charge in [0.05, 0.1) is 22.2 Å². The molecule has 0 fully saturated rings. The van der Waals surface area contributed by atoms with Gasteiger partial charge in [-0.05, 0) is 31.5 Å². The van der Waals surface area contributed by atoms with Crippen molar-refractivity contribution >= 4 is 27.3 Å². The Labute approximate surface area is 106 Å². The van der Waals surface area contributed by atoms with Gasteiger partial charge >= 0.3 is 0 Å². The first kappa shape index (κ1) is 14.2. The highest BCUT2D eigenvalue weighted by atomic mass is 35.5. The molecular formula is C10H15ClN2O3S. The third-order valence-corrected chi connectivity index (χ3v) is 4.28. The van der Waals surface area contributed by atoms with Crippen LogP contribution >= 0.6 is 11.6 Å². The number of benzene rings is 1. The molecule has 1 aromatic carbocycles. The van der Waals surface area contributed by atoms with E-state index in [2.05, 4.69) is 4.72 Å². The number of sulfonamides is 1. The lowest BCUT2D eigenvalue weighted by Crippen LogP contribution is -2.35. The Bertz CT molecular complexity index is 493. The molecule has 1 atom stereocenters. The lowest BCUT2D eigenvalue weighted by atomic mass is 10.2. The lowest BCUT2D eigenvalue weighted by molar-refractivity contribution is 0.265. The topological polar surface area (TPSA) is 92.4 Å². The van der Waals surface area contributed by atoms with Gasteiger partial charge in [-0.15, -0.1) is 0 Å². The molecule has 0 heterocycles. The minimum absolute atomic E-state index is 0.0391. The number of hydrogen-bond acceptors (Lipinski definition) is 4. The summed E-state index contributed by atoms with van der Waals surface area (Å²) in [6.07, 6.45) is 0. The molecule has 0 unspecified atom stereocenters. The lowest BCUT2D eigenvalue weighted by Gasteiger charge is -2.13. The molecule has 0 radical (unpaired) electrons. The third-order valence-electron chi connectivity index (χ3n) is 2.20. The number of halogens is 1. The van der Waals surface area contributed by atoms with Crippen LogP contribution in [0.15, 0.2) is 17.0 Å². The second-order valence-corrected chi connectivity index (χ2v) is 5.94. The van der Waals surface area contributed by atoms with Crippen molar-refractivity contribution in [2.45, 2.75) is 24.8 Å². The molecule has 1 rings (SSSR count). The van der Waals surface area contributed by atoms with Gasteiger partial charge in [0.2, 0.25) is 10.0 Å². The number of anilines is 1. The Morgan fingerprint density at radius 2 is 2.12 bits per heavy atom. The van der Waals surface area contributed by atoms with Crippen LogP contribution in [0, 0.1) is 6.92 Å². The molecule has 5 nitrogen and oxygen atoms in total. The standard InChI is InChI=1S/C10H15ClN2O3S/c1-6-3-8(4-9(12)10(6)11)17(15,16)13-7(2)5-14/h3-4,7,13-14H,5,12H2,1-2H3/t7-/m1/s1. The quantitative estimate of drug-likeness (QED) is 0.713. The van der Waals surface area contributed by atoms with E-state index in [1.54, 1.807) is 13.8 Å². The van der Waals surface area contributed by atoms with Gasteiger partial charge in [-0.3, -0.25) is 0 Å². The molecule has 0 spiro atoms. The molecular weight excluding hydrogens is 264 g/mol. The maximum atomic E-state index is 11.9. The Morgan fingerprint density at radius 3 is 2.59 bits per heavy atom. The van der Waals surface area contributed by atoms with Crippen LogP contribution in [0.2, 0.25) is 5.02 Å². The van der Waals surface area contributed by atoms with E-state index < -0.39 is 16.1 Å². The van der Waals surface area contributed by atoms with Crippen molar-refractivity contribution in [2.24, 2.45) is 0 Å². The Kier molecular flexibility index (Phi) is 4.37. The number of aliphatic hydroxyl groups excluding tert-OH is 1. The monoisotopic (exact) mass is 278 g/mol. The Morgan fingerprint density at radius 1 is 1.53 bits per heavy atom. The predicted molar refractivity (Wildman–Crippen MR) is 67.5 cm³/mol. The van der Waals surface area contributed by atoms with Gasteiger partial charge in [-0.25, -0.2) is 13.1 Å². The van der Waals surface area contributed by atoms with Crippen LogP contribution < -0.4 is 10.5 Å². The zero-order valence-electron chi connectivity index (χ0n) is 9.57. The van der Waals surface area contributed by atoms with Gasteiger partial charge in [0.15, 0.2) is 0 Å². The average Bonchev–Trinajstić information content (AvgIpc) is 2.24. The van der Waals surface area contributed by atoms with E-state index in [0.29, 0.717) is 10.6 Å². The van der Waals surface area contributed by atoms with Crippen LogP contribution in [-0.2, 0) is 10.0 Å². The van der Waals surface area contributed by atoms with Crippen LogP contribution in [0.1, 0.15) is 12.5 Å². The molecule has 0 aromatic heterocycles. The summed E-state index contributed by atoms with van der Waals surface area (Å²) in [4.78, 5) is 0.0391. The second-order valence-electron chi connectivity index (χ2n) is 3.85. The van der Waals surface area contributed by atoms with Crippen molar-refractivity contribution in [3.8, 4) is 0 Å². The fourth-order valence-corrected chi connectivity index (χ4v) is 2.75. The molecule has 0 saturated carbocycles. The van der Waals surface area contributed by atoms with Crippen molar-refractivity contribution < 1.29 is 13.5 Å². The summed E-state index contributed by atoms with van der Waals surface area (Å²) in [6.45, 7) is 2.96. The fraction of sp³-hybridized carbons (Fsp3) is 0.400. The molecule has 7 heteroatoms. The summed E-state index contributed by atoms with van der Waals surface area (Å²) < 4.78 is 26.1. The van der Waals surface area contributed by atoms with E-state index in [4.69, 9.17) is 22.4 Å². The first-order valence-electron chi connectivity index (χ1n) is 4.96. The van der Waals surface area contributed by atoms with E-state index in [1.165, 1.54) is 12.1 Å². The molecule has 0 bridgehead atoms. The van der Waals surface area contributed by atoms with Gasteiger partial charge in [0.25, 0.3) is 0 Å². The van der Waals surface area contributed by atoms with Crippen LogP contribution in [0.5, 0.6) is 0 Å². The molecule has 0 saturated heterocycles. The highest BCUT2D eigenvalue weighted by Gasteiger charge is 2.18. The minimum Gasteiger partial charge on any atom is -0.397 e. The van der Waals surface area contributed by atoms with Gasteiger partial charge in [0, 0.05) is 6.04 Å². The summed E-state index contributed by atoms with van der Waals surface area (Å²) in [5, 5.41) is 9.17. The van der Waals surface area contributed by atoms with Gasteiger partial charge in [0.1, 0.15) is 0 Å². The SMILES string of the molecule is Cc1cc(S(=O)(=O)N[C@H](C)CO)cc(N)c1Cl. The van der Waals surface area contributed by atoms with Crippen molar-refractivity contribution in [3.05, 3.63) is 22.7 Å². The summed E-state index contributed by atoms with van der Waals surface area (Å²) in [5.41, 5.74) is 6.41. The summed E-state index contributed by atoms with van der Waals surface area (Å²) in [5.74, 6) is 0. The van der Waals surface area contributed by atoms with Crippen LogP contribution in [-0.4, -0.2) is 26.2 Å². The first-order chi connectivity index (χ1) is 7.77. The molecule has 96 valence electrons. The van der Waals surface area contributed by atoms with E-state index in [0.717, 1.165) is 0 Å². The molecule has 4 N–H and O–H groups in total. The van der Waals surface area contributed by atoms with Crippen LogP contribution in [0.3, 0.4) is 0 Å². The first-order valence-corrected chi connectivity index (χ1v) is 6.83. The highest BCUT2D eigenvalue weighted by molar-refractivity contribution is 7.89. The van der Waals surface area contributed by atoms with Gasteiger partial charge < -0.3 is 10.8 Å². The molecule has 0 aliphatic heterocycles. The molecule has 0 amide bonds. The number of nitrogen functional groups attached to an aromatic ring is 1. The van der Waals surface area contributed by atoms with Gasteiger partial charge in [-0.1, -0.05) is 11.6 Å². The van der Waals surface area contributed by atoms with Crippen molar-refractivity contribution in [1.82, 2.24) is 4.72 Å². The Hall–Kier alpha value is -0.820. The van der Waals surface area contributed by atoms with E-state index >= 15 is 0 Å². The zero-order valence-corrected chi connectivity index (χ0v) is 11.1. The minimum atomic E-state index is -3.68. The number of aliphatic hydroxyl groups is 1. The van der Waals surface area contributed by atoms with E-state index in [-0.39, 0.29) is 17.2 Å². The number of hydrogen-bond donors (Lipinski definition) is 3. The van der Waals surface area contributed by atoms with Crippen molar-refractivity contribution in [2.75, 3.05) is 12.3 Å².